The smallest absolute Gasteiger partial charge is 0.287 e. The van der Waals surface area contributed by atoms with Crippen LogP contribution >= 0.6 is 15.9 Å². The minimum atomic E-state index is -0.181. The Morgan fingerprint density at radius 3 is 2.68 bits per heavy atom. The number of furan rings is 1. The highest BCUT2D eigenvalue weighted by Gasteiger charge is 2.11. The van der Waals surface area contributed by atoms with Crippen LogP contribution in [0.1, 0.15) is 21.7 Å². The van der Waals surface area contributed by atoms with Crippen LogP contribution < -0.4 is 5.32 Å². The monoisotopic (exact) mass is 357 g/mol. The van der Waals surface area contributed by atoms with E-state index in [1.165, 1.54) is 11.1 Å². The Kier molecular flexibility index (Phi) is 4.29. The van der Waals surface area contributed by atoms with Crippen molar-refractivity contribution in [3.8, 4) is 0 Å². The van der Waals surface area contributed by atoms with Gasteiger partial charge in [0.2, 0.25) is 0 Å². The summed E-state index contributed by atoms with van der Waals surface area (Å²) in [6.07, 6.45) is 0.803. The average molecular weight is 358 g/mol. The summed E-state index contributed by atoms with van der Waals surface area (Å²) in [6.45, 7) is 2.65. The molecule has 0 radical (unpaired) electrons. The van der Waals surface area contributed by atoms with Crippen molar-refractivity contribution in [2.75, 3.05) is 6.54 Å². The topological polar surface area (TPSA) is 42.2 Å². The molecule has 0 bridgehead atoms. The minimum absolute atomic E-state index is 0.181. The van der Waals surface area contributed by atoms with E-state index >= 15 is 0 Å². The van der Waals surface area contributed by atoms with Crippen LogP contribution in [0.5, 0.6) is 0 Å². The van der Waals surface area contributed by atoms with E-state index < -0.39 is 0 Å². The zero-order valence-corrected chi connectivity index (χ0v) is 13.8. The molecule has 0 spiro atoms. The third-order valence-electron chi connectivity index (χ3n) is 3.53. The third kappa shape index (κ3) is 3.39. The molecule has 1 N–H and O–H groups in total. The normalized spacial score (nSPS) is 10.8. The molecule has 3 aromatic rings. The quantitative estimate of drug-likeness (QED) is 0.747. The van der Waals surface area contributed by atoms with E-state index in [2.05, 4.69) is 52.4 Å². The number of benzene rings is 2. The van der Waals surface area contributed by atoms with Crippen LogP contribution in [0, 0.1) is 6.92 Å². The van der Waals surface area contributed by atoms with Crippen molar-refractivity contribution in [3.63, 3.8) is 0 Å². The lowest BCUT2D eigenvalue weighted by Crippen LogP contribution is -2.25. The number of amides is 1. The first-order chi connectivity index (χ1) is 10.6. The van der Waals surface area contributed by atoms with Gasteiger partial charge in [0, 0.05) is 16.4 Å². The van der Waals surface area contributed by atoms with Crippen LogP contribution in [0.3, 0.4) is 0 Å². The van der Waals surface area contributed by atoms with Gasteiger partial charge in [-0.25, -0.2) is 0 Å². The van der Waals surface area contributed by atoms with Crippen molar-refractivity contribution in [3.05, 3.63) is 69.9 Å². The number of fused-ring (bicyclic) bond motifs is 1. The fourth-order valence-corrected chi connectivity index (χ4v) is 2.62. The predicted octanol–water partition coefficient (Wildman–Crippen LogP) is 4.48. The highest BCUT2D eigenvalue weighted by atomic mass is 79.9. The summed E-state index contributed by atoms with van der Waals surface area (Å²) in [4.78, 5) is 12.1. The summed E-state index contributed by atoms with van der Waals surface area (Å²) in [5, 5.41) is 3.82. The number of nitrogens with one attached hydrogen (secondary N) is 1. The molecule has 0 aliphatic heterocycles. The van der Waals surface area contributed by atoms with Crippen LogP contribution in [-0.2, 0) is 6.42 Å². The van der Waals surface area contributed by atoms with E-state index in [9.17, 15) is 4.79 Å². The molecule has 0 aliphatic rings. The van der Waals surface area contributed by atoms with E-state index in [1.54, 1.807) is 6.07 Å². The fourth-order valence-electron chi connectivity index (χ4n) is 2.28. The second kappa shape index (κ2) is 6.36. The molecule has 0 aliphatic carbocycles. The molecule has 112 valence electrons. The number of carbonyl (C=O) groups excluding carboxylic acids is 1. The van der Waals surface area contributed by atoms with E-state index in [4.69, 9.17) is 4.42 Å². The molecular weight excluding hydrogens is 342 g/mol. The Balaban J connectivity index is 1.62. The lowest BCUT2D eigenvalue weighted by atomic mass is 10.1. The first kappa shape index (κ1) is 14.9. The first-order valence-corrected chi connectivity index (χ1v) is 7.94. The molecule has 1 amide bonds. The molecule has 0 unspecified atom stereocenters. The van der Waals surface area contributed by atoms with Gasteiger partial charge in [-0.3, -0.25) is 4.79 Å². The maximum Gasteiger partial charge on any atom is 0.287 e. The maximum atomic E-state index is 12.1. The summed E-state index contributed by atoms with van der Waals surface area (Å²) in [5.74, 6) is 0.163. The van der Waals surface area contributed by atoms with Crippen LogP contribution in [0.2, 0.25) is 0 Å². The molecular formula is C18H16BrNO2. The second-order valence-corrected chi connectivity index (χ2v) is 6.20. The average Bonchev–Trinajstić information content (AvgIpc) is 2.92. The SMILES string of the molecule is Cc1ccc(CCNC(=O)c2cc3ccc(Br)cc3o2)cc1. The van der Waals surface area contributed by atoms with Crippen molar-refractivity contribution in [1.29, 1.82) is 0 Å². The molecule has 3 nitrogen and oxygen atoms in total. The van der Waals surface area contributed by atoms with Crippen LogP contribution in [-0.4, -0.2) is 12.5 Å². The first-order valence-electron chi connectivity index (χ1n) is 7.15. The Bertz CT molecular complexity index is 806. The Morgan fingerprint density at radius 1 is 1.14 bits per heavy atom. The molecule has 0 atom stereocenters. The van der Waals surface area contributed by atoms with E-state index in [-0.39, 0.29) is 5.91 Å². The van der Waals surface area contributed by atoms with Crippen LogP contribution in [0.25, 0.3) is 11.0 Å². The van der Waals surface area contributed by atoms with Gasteiger partial charge in [-0.2, -0.15) is 0 Å². The number of carbonyl (C=O) groups is 1. The molecule has 2 aromatic carbocycles. The fraction of sp³-hybridized carbons (Fsp3) is 0.167. The standard InChI is InChI=1S/C18H16BrNO2/c1-12-2-4-13(5-3-12)8-9-20-18(21)17-10-14-6-7-15(19)11-16(14)22-17/h2-7,10-11H,8-9H2,1H3,(H,20,21). The van der Waals surface area contributed by atoms with Crippen LogP contribution in [0.4, 0.5) is 0 Å². The molecule has 22 heavy (non-hydrogen) atoms. The van der Waals surface area contributed by atoms with Gasteiger partial charge in [0.25, 0.3) is 5.91 Å². The van der Waals surface area contributed by atoms with E-state index in [0.29, 0.717) is 17.9 Å². The van der Waals surface area contributed by atoms with Crippen molar-refractivity contribution < 1.29 is 9.21 Å². The third-order valence-corrected chi connectivity index (χ3v) is 4.02. The number of aryl methyl sites for hydroxylation is 1. The predicted molar refractivity (Wildman–Crippen MR) is 91.1 cm³/mol. The lowest BCUT2D eigenvalue weighted by Gasteiger charge is -2.04. The van der Waals surface area contributed by atoms with Crippen molar-refractivity contribution in [2.24, 2.45) is 0 Å². The summed E-state index contributed by atoms with van der Waals surface area (Å²) in [6, 6.07) is 15.8. The highest BCUT2D eigenvalue weighted by molar-refractivity contribution is 9.10. The molecule has 1 aromatic heterocycles. The number of hydrogen-bond acceptors (Lipinski definition) is 2. The van der Waals surface area contributed by atoms with E-state index in [1.807, 2.05) is 18.2 Å². The van der Waals surface area contributed by atoms with Crippen molar-refractivity contribution in [2.45, 2.75) is 13.3 Å². The van der Waals surface area contributed by atoms with Gasteiger partial charge in [0.05, 0.1) is 0 Å². The van der Waals surface area contributed by atoms with Gasteiger partial charge in [-0.1, -0.05) is 45.8 Å². The zero-order valence-electron chi connectivity index (χ0n) is 12.2. The summed E-state index contributed by atoms with van der Waals surface area (Å²) < 4.78 is 6.52. The molecule has 0 saturated heterocycles. The van der Waals surface area contributed by atoms with Gasteiger partial charge in [0.1, 0.15) is 5.58 Å². The Hall–Kier alpha value is -2.07. The Morgan fingerprint density at radius 2 is 1.91 bits per heavy atom. The molecule has 0 fully saturated rings. The number of hydrogen-bond donors (Lipinski definition) is 1. The molecule has 4 heteroatoms. The van der Waals surface area contributed by atoms with Crippen molar-refractivity contribution in [1.82, 2.24) is 5.32 Å². The van der Waals surface area contributed by atoms with Gasteiger partial charge >= 0.3 is 0 Å². The van der Waals surface area contributed by atoms with Gasteiger partial charge in [-0.05, 0) is 43.2 Å². The second-order valence-electron chi connectivity index (χ2n) is 5.28. The van der Waals surface area contributed by atoms with Gasteiger partial charge in [0.15, 0.2) is 5.76 Å². The molecule has 3 rings (SSSR count). The number of halogens is 1. The van der Waals surface area contributed by atoms with Crippen molar-refractivity contribution >= 4 is 32.8 Å². The van der Waals surface area contributed by atoms with Crippen LogP contribution in [0.15, 0.2) is 57.4 Å². The van der Waals surface area contributed by atoms with E-state index in [0.717, 1.165) is 16.3 Å². The highest BCUT2D eigenvalue weighted by Crippen LogP contribution is 2.23. The lowest BCUT2D eigenvalue weighted by molar-refractivity contribution is 0.0928. The summed E-state index contributed by atoms with van der Waals surface area (Å²) in [5.41, 5.74) is 3.15. The van der Waals surface area contributed by atoms with Gasteiger partial charge < -0.3 is 9.73 Å². The molecule has 1 heterocycles. The number of rotatable bonds is 4. The summed E-state index contributed by atoms with van der Waals surface area (Å²) >= 11 is 3.39. The Labute approximate surface area is 137 Å². The zero-order chi connectivity index (χ0) is 15.5. The summed E-state index contributed by atoms with van der Waals surface area (Å²) in [7, 11) is 0. The largest absolute Gasteiger partial charge is 0.451 e. The van der Waals surface area contributed by atoms with Gasteiger partial charge in [-0.15, -0.1) is 0 Å². The minimum Gasteiger partial charge on any atom is -0.451 e. The maximum absolute atomic E-state index is 12.1. The molecule has 0 saturated carbocycles.